The molecule has 22 heavy (non-hydrogen) atoms. The summed E-state index contributed by atoms with van der Waals surface area (Å²) < 4.78 is 1.42. The molecule has 1 aromatic rings. The van der Waals surface area contributed by atoms with Gasteiger partial charge in [-0.15, -0.1) is 6.42 Å². The summed E-state index contributed by atoms with van der Waals surface area (Å²) in [6.45, 7) is 14.7. The molecule has 119 valence electrons. The first-order chi connectivity index (χ1) is 10.0. The van der Waals surface area contributed by atoms with Crippen molar-refractivity contribution in [1.29, 1.82) is 0 Å². The Kier molecular flexibility index (Phi) is 9.56. The number of phenolic OH excluding ortho intramolecular Hbond substituents is 1. The van der Waals surface area contributed by atoms with Crippen LogP contribution in [0.1, 0.15) is 52.2 Å². The van der Waals surface area contributed by atoms with Gasteiger partial charge >= 0.3 is 37.6 Å². The van der Waals surface area contributed by atoms with E-state index in [1.807, 2.05) is 19.9 Å². The molecule has 0 aliphatic heterocycles. The molecule has 0 unspecified atom stereocenters. The first-order valence-corrected chi connectivity index (χ1v) is 8.37. The van der Waals surface area contributed by atoms with Gasteiger partial charge in [0, 0.05) is 0 Å². The fourth-order valence-corrected chi connectivity index (χ4v) is 1.87. The number of benzene rings is 1. The van der Waals surface area contributed by atoms with Crippen LogP contribution in [0.25, 0.3) is 0 Å². The van der Waals surface area contributed by atoms with Gasteiger partial charge in [-0.1, -0.05) is 26.8 Å². The van der Waals surface area contributed by atoms with Gasteiger partial charge in [0.15, 0.2) is 0 Å². The molecule has 0 fully saturated rings. The number of hydrogen-bond acceptors (Lipinski definition) is 1. The summed E-state index contributed by atoms with van der Waals surface area (Å²) in [6, 6.07) is 5.51. The molecule has 0 radical (unpaired) electrons. The molecule has 0 saturated heterocycles. The second kappa shape index (κ2) is 9.97. The first kappa shape index (κ1) is 21.1. The number of aromatic hydroxyl groups is 1. The van der Waals surface area contributed by atoms with Crippen LogP contribution in [0.4, 0.5) is 0 Å². The van der Waals surface area contributed by atoms with Gasteiger partial charge in [-0.05, 0) is 42.5 Å². The van der Waals surface area contributed by atoms with Crippen molar-refractivity contribution >= 4 is 3.81 Å². The summed E-state index contributed by atoms with van der Waals surface area (Å²) in [5, 5.41) is 8.99. The van der Waals surface area contributed by atoms with Gasteiger partial charge in [-0.25, -0.2) is 11.6 Å². The normalized spacial score (nSPS) is 12.7. The van der Waals surface area contributed by atoms with Crippen LogP contribution in [0.3, 0.4) is 0 Å². The Morgan fingerprint density at radius 3 is 1.77 bits per heavy atom. The third kappa shape index (κ3) is 10.8. The summed E-state index contributed by atoms with van der Waals surface area (Å²) in [7, 11) is 0. The molecule has 2 rings (SSSR count). The van der Waals surface area contributed by atoms with Crippen molar-refractivity contribution in [2.24, 2.45) is 5.41 Å². The van der Waals surface area contributed by atoms with Gasteiger partial charge in [0.1, 0.15) is 5.75 Å². The molecule has 0 amide bonds. The Labute approximate surface area is 148 Å². The number of allylic oxidation sites excluding steroid dienone is 4. The topological polar surface area (TPSA) is 20.2 Å². The molecule has 2 heteroatoms. The molecule has 1 N–H and O–H groups in total. The Bertz CT molecular complexity index is 491. The Hall–Kier alpha value is -0.916. The maximum atomic E-state index is 8.99. The van der Waals surface area contributed by atoms with E-state index in [0.717, 1.165) is 17.5 Å². The van der Waals surface area contributed by atoms with Crippen molar-refractivity contribution in [3.05, 3.63) is 53.1 Å². The van der Waals surface area contributed by atoms with E-state index < -0.39 is 0 Å². The molecule has 0 heterocycles. The first-order valence-electron chi connectivity index (χ1n) is 7.59. The summed E-state index contributed by atoms with van der Waals surface area (Å²) in [5.41, 5.74) is 3.86. The molecule has 0 saturated carbocycles. The predicted molar refractivity (Wildman–Crippen MR) is 93.9 cm³/mol. The van der Waals surface area contributed by atoms with Crippen molar-refractivity contribution in [2.45, 2.75) is 54.9 Å². The largest absolute Gasteiger partial charge is 0.508 e. The van der Waals surface area contributed by atoms with Gasteiger partial charge in [0.05, 0.1) is 0 Å². The quantitative estimate of drug-likeness (QED) is 0.492. The van der Waals surface area contributed by atoms with E-state index in [4.69, 9.17) is 5.11 Å². The number of aryl methyl sites for hydroxylation is 2. The van der Waals surface area contributed by atoms with Gasteiger partial charge in [0.2, 0.25) is 0 Å². The average Bonchev–Trinajstić information content (AvgIpc) is 2.78. The summed E-state index contributed by atoms with van der Waals surface area (Å²) >= 11 is 2.08. The molecule has 0 bridgehead atoms. The molecule has 1 aliphatic rings. The monoisotopic (exact) mass is 333 g/mol. The third-order valence-electron chi connectivity index (χ3n) is 2.71. The van der Waals surface area contributed by atoms with Crippen LogP contribution in [0.15, 0.2) is 35.9 Å². The zero-order chi connectivity index (χ0) is 17.3. The third-order valence-corrected chi connectivity index (χ3v) is 2.71. The van der Waals surface area contributed by atoms with E-state index in [9.17, 15) is 0 Å². The van der Waals surface area contributed by atoms with Crippen LogP contribution < -0.4 is 0 Å². The standard InChI is InChI=1S/C9H13.C8H10O.C3H6.Ti/c1-9(2,3)8-6-4-5-7-8;1-6-3-7(2)5-8(9)4-6;1-3-2;/h4,6H,5H2,1-3H3;3-5,9H,1-2H3;1-2H3;/q-1;;;+1. The van der Waals surface area contributed by atoms with E-state index in [0.29, 0.717) is 11.2 Å². The zero-order valence-electron chi connectivity index (χ0n) is 15.0. The number of rotatable bonds is 0. The van der Waals surface area contributed by atoms with Gasteiger partial charge in [0.25, 0.3) is 0 Å². The maximum Gasteiger partial charge on any atom is 0.116 e. The van der Waals surface area contributed by atoms with Gasteiger partial charge in [-0.2, -0.15) is 6.08 Å². The molecular weight excluding hydrogens is 304 g/mol. The van der Waals surface area contributed by atoms with Crippen molar-refractivity contribution in [3.63, 3.8) is 0 Å². The van der Waals surface area contributed by atoms with Crippen LogP contribution in [0.2, 0.25) is 0 Å². The number of phenols is 1. The molecular formula is C20H29OTi. The molecule has 1 aliphatic carbocycles. The minimum Gasteiger partial charge on any atom is -0.508 e. The summed E-state index contributed by atoms with van der Waals surface area (Å²) in [6.07, 6.45) is 8.63. The zero-order valence-corrected chi connectivity index (χ0v) is 16.6. The molecule has 0 atom stereocenters. The van der Waals surface area contributed by atoms with Gasteiger partial charge in [-0.3, -0.25) is 6.08 Å². The Morgan fingerprint density at radius 2 is 1.55 bits per heavy atom. The van der Waals surface area contributed by atoms with E-state index in [2.05, 4.69) is 72.8 Å². The molecule has 1 aromatic carbocycles. The van der Waals surface area contributed by atoms with Crippen LogP contribution >= 0.6 is 0 Å². The smallest absolute Gasteiger partial charge is 0.116 e. The second-order valence-corrected chi connectivity index (χ2v) is 8.35. The van der Waals surface area contributed by atoms with Crippen LogP contribution in [-0.2, 0) is 20.0 Å². The van der Waals surface area contributed by atoms with Crippen molar-refractivity contribution in [2.75, 3.05) is 0 Å². The SMILES string of the molecule is CC(C)(C)C1=[C-]CC=C1.C[C](C)=[Ti+].Cc1cc(C)cc(O)c1. The molecule has 1 nitrogen and oxygen atoms in total. The van der Waals surface area contributed by atoms with Crippen molar-refractivity contribution in [3.8, 4) is 5.75 Å². The molecule has 0 spiro atoms. The van der Waals surface area contributed by atoms with Crippen molar-refractivity contribution < 1.29 is 25.1 Å². The second-order valence-electron chi connectivity index (χ2n) is 6.79. The number of hydrogen-bond donors (Lipinski definition) is 1. The predicted octanol–water partition coefficient (Wildman–Crippen LogP) is 5.48. The maximum absolute atomic E-state index is 8.99. The van der Waals surface area contributed by atoms with Crippen LogP contribution in [0, 0.1) is 25.3 Å². The van der Waals surface area contributed by atoms with Crippen LogP contribution in [0.5, 0.6) is 5.75 Å². The average molecular weight is 333 g/mol. The van der Waals surface area contributed by atoms with E-state index in [1.165, 1.54) is 9.38 Å². The van der Waals surface area contributed by atoms with E-state index in [-0.39, 0.29) is 0 Å². The minimum absolute atomic E-state index is 0.299. The fraction of sp³-hybridized carbons (Fsp3) is 0.450. The summed E-state index contributed by atoms with van der Waals surface area (Å²) in [4.78, 5) is 0. The minimum atomic E-state index is 0.299. The Balaban J connectivity index is 0.000000326. The molecule has 0 aromatic heterocycles. The van der Waals surface area contributed by atoms with Crippen LogP contribution in [-0.4, -0.2) is 8.92 Å². The fourth-order valence-electron chi connectivity index (χ4n) is 1.87. The van der Waals surface area contributed by atoms with E-state index >= 15 is 0 Å². The van der Waals surface area contributed by atoms with Gasteiger partial charge < -0.3 is 5.11 Å². The van der Waals surface area contributed by atoms with Crippen molar-refractivity contribution in [1.82, 2.24) is 0 Å². The summed E-state index contributed by atoms with van der Waals surface area (Å²) in [5.74, 6) is 0.354. The van der Waals surface area contributed by atoms with E-state index in [1.54, 1.807) is 12.1 Å². The Morgan fingerprint density at radius 1 is 1.09 bits per heavy atom.